The number of halogens is 3. The molecule has 1 saturated heterocycles. The number of carbonyl (C=O) groups excluding carboxylic acids is 1. The minimum absolute atomic E-state index is 0.179. The molecule has 0 spiro atoms. The maximum absolute atomic E-state index is 13.2. The lowest BCUT2D eigenvalue weighted by molar-refractivity contribution is -0.137. The molecule has 1 amide bonds. The molecule has 1 heterocycles. The van der Waals surface area contributed by atoms with E-state index in [0.29, 0.717) is 50.2 Å². The van der Waals surface area contributed by atoms with E-state index in [1.54, 1.807) is 0 Å². The zero-order valence-corrected chi connectivity index (χ0v) is 15.2. The molecule has 4 rings (SSSR count). The topological polar surface area (TPSA) is 41.6 Å². The fraction of sp³-hybridized carbons (Fsp3) is 0.650. The molecule has 1 aliphatic heterocycles. The van der Waals surface area contributed by atoms with Gasteiger partial charge in [0.2, 0.25) is 5.91 Å². The third kappa shape index (κ3) is 4.08. The van der Waals surface area contributed by atoms with Crippen LogP contribution in [0.3, 0.4) is 0 Å². The molecule has 148 valence electrons. The van der Waals surface area contributed by atoms with Crippen molar-refractivity contribution in [1.29, 1.82) is 0 Å². The molecule has 2 saturated carbocycles. The number of fused-ring (bicyclic) bond motifs is 2. The third-order valence-corrected chi connectivity index (χ3v) is 6.28. The Morgan fingerprint density at radius 2 is 1.96 bits per heavy atom. The molecule has 7 heteroatoms. The van der Waals surface area contributed by atoms with Gasteiger partial charge in [-0.3, -0.25) is 4.79 Å². The van der Waals surface area contributed by atoms with Gasteiger partial charge in [-0.1, -0.05) is 6.42 Å². The highest BCUT2D eigenvalue weighted by molar-refractivity contribution is 5.94. The van der Waals surface area contributed by atoms with Gasteiger partial charge in [-0.25, -0.2) is 0 Å². The van der Waals surface area contributed by atoms with Crippen LogP contribution in [-0.2, 0) is 15.7 Å². The van der Waals surface area contributed by atoms with E-state index < -0.39 is 11.7 Å². The van der Waals surface area contributed by atoms with Crippen LogP contribution in [0.2, 0.25) is 0 Å². The predicted octanol–water partition coefficient (Wildman–Crippen LogP) is 4.31. The number of morpholine rings is 1. The average Bonchev–Trinajstić information content (AvgIpc) is 3.24. The number of anilines is 2. The maximum atomic E-state index is 13.2. The highest BCUT2D eigenvalue weighted by Gasteiger charge is 2.40. The Hall–Kier alpha value is -1.76. The Morgan fingerprint density at radius 3 is 2.59 bits per heavy atom. The summed E-state index contributed by atoms with van der Waals surface area (Å²) in [6.45, 7) is 2.25. The zero-order valence-electron chi connectivity index (χ0n) is 15.2. The number of hydrogen-bond acceptors (Lipinski definition) is 3. The summed E-state index contributed by atoms with van der Waals surface area (Å²) in [5.41, 5.74) is 0.141. The van der Waals surface area contributed by atoms with Crippen LogP contribution < -0.4 is 10.2 Å². The molecule has 3 atom stereocenters. The molecular formula is C20H25F3N2O2. The molecular weight excluding hydrogens is 357 g/mol. The van der Waals surface area contributed by atoms with Gasteiger partial charge in [-0.15, -0.1) is 0 Å². The summed E-state index contributed by atoms with van der Waals surface area (Å²) in [6.07, 6.45) is 0.702. The second-order valence-corrected chi connectivity index (χ2v) is 8.02. The first kappa shape index (κ1) is 18.6. The summed E-state index contributed by atoms with van der Waals surface area (Å²) in [4.78, 5) is 14.6. The number of ether oxygens (including phenoxy) is 1. The van der Waals surface area contributed by atoms with Crippen LogP contribution >= 0.6 is 0 Å². The van der Waals surface area contributed by atoms with Gasteiger partial charge in [-0.2, -0.15) is 13.2 Å². The average molecular weight is 382 g/mol. The van der Waals surface area contributed by atoms with E-state index in [1.165, 1.54) is 25.3 Å². The fourth-order valence-electron chi connectivity index (χ4n) is 4.96. The normalized spacial score (nSPS) is 27.8. The Labute approximate surface area is 157 Å². The Bertz CT molecular complexity index is 701. The van der Waals surface area contributed by atoms with Crippen LogP contribution in [0.25, 0.3) is 0 Å². The second-order valence-electron chi connectivity index (χ2n) is 8.02. The van der Waals surface area contributed by atoms with Crippen LogP contribution in [0, 0.1) is 17.8 Å². The van der Waals surface area contributed by atoms with Crippen molar-refractivity contribution in [3.63, 3.8) is 0 Å². The SMILES string of the molecule is O=C(C[C@H]1C[C@H]2CC[C@@H]1C2)Nc1cc(C(F)(F)F)ccc1N1CCOCC1. The van der Waals surface area contributed by atoms with E-state index in [9.17, 15) is 18.0 Å². The lowest BCUT2D eigenvalue weighted by Crippen LogP contribution is -2.37. The molecule has 1 N–H and O–H groups in total. The van der Waals surface area contributed by atoms with E-state index in [4.69, 9.17) is 4.74 Å². The lowest BCUT2D eigenvalue weighted by Gasteiger charge is -2.31. The van der Waals surface area contributed by atoms with Crippen LogP contribution in [-0.4, -0.2) is 32.2 Å². The molecule has 27 heavy (non-hydrogen) atoms. The fourth-order valence-corrected chi connectivity index (χ4v) is 4.96. The number of alkyl halides is 3. The number of nitrogens with zero attached hydrogens (tertiary/aromatic N) is 1. The largest absolute Gasteiger partial charge is 0.416 e. The Morgan fingerprint density at radius 1 is 1.19 bits per heavy atom. The molecule has 1 aromatic carbocycles. The lowest BCUT2D eigenvalue weighted by atomic mass is 9.86. The van der Waals surface area contributed by atoms with Crippen LogP contribution in [0.4, 0.5) is 24.5 Å². The number of amides is 1. The van der Waals surface area contributed by atoms with Crippen LogP contribution in [0.5, 0.6) is 0 Å². The van der Waals surface area contributed by atoms with Crippen molar-refractivity contribution in [3.8, 4) is 0 Å². The van der Waals surface area contributed by atoms with Gasteiger partial charge >= 0.3 is 6.18 Å². The highest BCUT2D eigenvalue weighted by Crippen LogP contribution is 2.49. The van der Waals surface area contributed by atoms with Gasteiger partial charge in [-0.05, 0) is 55.2 Å². The Balaban J connectivity index is 1.52. The van der Waals surface area contributed by atoms with Crippen molar-refractivity contribution < 1.29 is 22.7 Å². The van der Waals surface area contributed by atoms with Gasteiger partial charge in [0.1, 0.15) is 0 Å². The third-order valence-electron chi connectivity index (χ3n) is 6.28. The first-order valence-electron chi connectivity index (χ1n) is 9.74. The summed E-state index contributed by atoms with van der Waals surface area (Å²) in [5.74, 6) is 1.55. The summed E-state index contributed by atoms with van der Waals surface area (Å²) in [5, 5.41) is 2.79. The van der Waals surface area contributed by atoms with Crippen molar-refractivity contribution in [2.45, 2.75) is 38.3 Å². The molecule has 0 unspecified atom stereocenters. The van der Waals surface area contributed by atoms with E-state index in [0.717, 1.165) is 24.5 Å². The number of carbonyl (C=O) groups is 1. The quantitative estimate of drug-likeness (QED) is 0.844. The first-order valence-corrected chi connectivity index (χ1v) is 9.74. The number of nitrogens with one attached hydrogen (secondary N) is 1. The summed E-state index contributed by atoms with van der Waals surface area (Å²) in [6, 6.07) is 3.60. The van der Waals surface area contributed by atoms with E-state index in [2.05, 4.69) is 5.32 Å². The predicted molar refractivity (Wildman–Crippen MR) is 96.7 cm³/mol. The number of benzene rings is 1. The number of hydrogen-bond donors (Lipinski definition) is 1. The van der Waals surface area contributed by atoms with Crippen LogP contribution in [0.1, 0.15) is 37.7 Å². The molecule has 4 nitrogen and oxygen atoms in total. The van der Waals surface area contributed by atoms with Gasteiger partial charge < -0.3 is 15.0 Å². The van der Waals surface area contributed by atoms with Gasteiger partial charge in [0.05, 0.1) is 30.2 Å². The molecule has 2 aliphatic carbocycles. The van der Waals surface area contributed by atoms with Crippen LogP contribution in [0.15, 0.2) is 18.2 Å². The summed E-state index contributed by atoms with van der Waals surface area (Å²) in [7, 11) is 0. The summed E-state index contributed by atoms with van der Waals surface area (Å²) >= 11 is 0. The molecule has 0 radical (unpaired) electrons. The molecule has 1 aromatic rings. The minimum Gasteiger partial charge on any atom is -0.378 e. The van der Waals surface area contributed by atoms with Crippen molar-refractivity contribution in [1.82, 2.24) is 0 Å². The first-order chi connectivity index (χ1) is 12.9. The van der Waals surface area contributed by atoms with Gasteiger partial charge in [0, 0.05) is 19.5 Å². The number of rotatable bonds is 4. The van der Waals surface area contributed by atoms with Gasteiger partial charge in [0.25, 0.3) is 0 Å². The van der Waals surface area contributed by atoms with Crippen molar-refractivity contribution in [2.24, 2.45) is 17.8 Å². The zero-order chi connectivity index (χ0) is 19.0. The monoisotopic (exact) mass is 382 g/mol. The van der Waals surface area contributed by atoms with E-state index in [1.807, 2.05) is 4.90 Å². The van der Waals surface area contributed by atoms with E-state index >= 15 is 0 Å². The summed E-state index contributed by atoms with van der Waals surface area (Å²) < 4.78 is 44.8. The minimum atomic E-state index is -4.44. The van der Waals surface area contributed by atoms with Crippen molar-refractivity contribution in [3.05, 3.63) is 23.8 Å². The maximum Gasteiger partial charge on any atom is 0.416 e. The standard InChI is InChI=1S/C20H25F3N2O2/c21-20(22,23)16-3-4-18(25-5-7-27-8-6-25)17(12-16)24-19(26)11-15-10-13-1-2-14(15)9-13/h3-4,12-15H,1-2,5-11H2,(H,24,26)/t13-,14+,15+/m0/s1. The molecule has 3 fully saturated rings. The van der Waals surface area contributed by atoms with Crippen molar-refractivity contribution >= 4 is 17.3 Å². The smallest absolute Gasteiger partial charge is 0.378 e. The van der Waals surface area contributed by atoms with Gasteiger partial charge in [0.15, 0.2) is 0 Å². The second kappa shape index (κ2) is 7.34. The Kier molecular flexibility index (Phi) is 5.05. The molecule has 2 bridgehead atoms. The molecule has 3 aliphatic rings. The molecule has 0 aromatic heterocycles. The van der Waals surface area contributed by atoms with Crippen molar-refractivity contribution in [2.75, 3.05) is 36.5 Å². The van der Waals surface area contributed by atoms with E-state index in [-0.39, 0.29) is 11.6 Å². The highest BCUT2D eigenvalue weighted by atomic mass is 19.4.